The molecule has 0 aliphatic carbocycles. The van der Waals surface area contributed by atoms with Crippen molar-refractivity contribution < 1.29 is 0 Å². The Morgan fingerprint density at radius 1 is 1.00 bits per heavy atom. The molecular weight excluding hydrogens is 184 g/mol. The van der Waals surface area contributed by atoms with Crippen molar-refractivity contribution >= 4 is 5.69 Å². The van der Waals surface area contributed by atoms with Gasteiger partial charge in [-0.1, -0.05) is 12.1 Å². The maximum Gasteiger partial charge on any atom is 0.0472 e. The molecule has 3 rings (SSSR count). The summed E-state index contributed by atoms with van der Waals surface area (Å²) < 4.78 is 0. The molecule has 0 bridgehead atoms. The first-order chi connectivity index (χ1) is 7.31. The Hall–Kier alpha value is -1.02. The lowest BCUT2D eigenvalue weighted by molar-refractivity contribution is -0.0505. The zero-order valence-electron chi connectivity index (χ0n) is 9.08. The molecule has 0 spiro atoms. The number of hydrogen-bond donors (Lipinski definition) is 1. The van der Waals surface area contributed by atoms with E-state index in [-0.39, 0.29) is 0 Å². The van der Waals surface area contributed by atoms with Crippen LogP contribution >= 0.6 is 0 Å². The molecule has 2 N–H and O–H groups in total. The molecule has 1 aromatic carbocycles. The number of benzene rings is 1. The third-order valence-corrected chi connectivity index (χ3v) is 4.12. The highest BCUT2D eigenvalue weighted by molar-refractivity contribution is 5.42. The average Bonchev–Trinajstić information content (AvgIpc) is 2.22. The van der Waals surface area contributed by atoms with Gasteiger partial charge in [-0.3, -0.25) is 4.90 Å². The van der Waals surface area contributed by atoms with Crippen LogP contribution in [0, 0.1) is 0 Å². The van der Waals surface area contributed by atoms with Crippen LogP contribution in [0.5, 0.6) is 0 Å². The van der Waals surface area contributed by atoms with Gasteiger partial charge in [-0.15, -0.1) is 0 Å². The third-order valence-electron chi connectivity index (χ3n) is 4.12. The molecule has 1 atom stereocenters. The predicted octanol–water partition coefficient (Wildman–Crippen LogP) is 2.35. The van der Waals surface area contributed by atoms with Gasteiger partial charge in [-0.05, 0) is 49.9 Å². The van der Waals surface area contributed by atoms with E-state index >= 15 is 0 Å². The van der Waals surface area contributed by atoms with Crippen molar-refractivity contribution in [1.29, 1.82) is 0 Å². The lowest BCUT2D eigenvalue weighted by atomic mass is 9.72. The number of piperidine rings is 1. The molecule has 2 fully saturated rings. The zero-order valence-corrected chi connectivity index (χ0v) is 9.08. The summed E-state index contributed by atoms with van der Waals surface area (Å²) in [6.07, 6.45) is 5.41. The molecule has 2 saturated heterocycles. The van der Waals surface area contributed by atoms with Crippen LogP contribution in [0.4, 0.5) is 5.69 Å². The van der Waals surface area contributed by atoms with E-state index in [4.69, 9.17) is 5.73 Å². The molecule has 2 heteroatoms. The van der Waals surface area contributed by atoms with Crippen LogP contribution in [-0.2, 0) is 5.54 Å². The van der Waals surface area contributed by atoms with Crippen molar-refractivity contribution in [3.05, 3.63) is 29.8 Å². The summed E-state index contributed by atoms with van der Waals surface area (Å²) in [7, 11) is 0. The summed E-state index contributed by atoms with van der Waals surface area (Å²) in [5, 5.41) is 0. The van der Waals surface area contributed by atoms with Gasteiger partial charge in [0.25, 0.3) is 0 Å². The Kier molecular flexibility index (Phi) is 1.99. The van der Waals surface area contributed by atoms with Gasteiger partial charge in [0.15, 0.2) is 0 Å². The molecule has 80 valence electrons. The van der Waals surface area contributed by atoms with Crippen molar-refractivity contribution in [2.24, 2.45) is 0 Å². The highest BCUT2D eigenvalue weighted by atomic mass is 15.3. The Balaban J connectivity index is 1.94. The van der Waals surface area contributed by atoms with E-state index in [1.807, 2.05) is 12.1 Å². The summed E-state index contributed by atoms with van der Waals surface area (Å²) in [4.78, 5) is 2.64. The Morgan fingerprint density at radius 3 is 2.40 bits per heavy atom. The highest BCUT2D eigenvalue weighted by Crippen LogP contribution is 2.47. The van der Waals surface area contributed by atoms with E-state index in [9.17, 15) is 0 Å². The second kappa shape index (κ2) is 3.24. The topological polar surface area (TPSA) is 29.3 Å². The van der Waals surface area contributed by atoms with E-state index in [2.05, 4.69) is 17.0 Å². The molecule has 2 heterocycles. The summed E-state index contributed by atoms with van der Waals surface area (Å²) in [5.74, 6) is 0. The quantitative estimate of drug-likeness (QED) is 0.708. The fourth-order valence-corrected chi connectivity index (χ4v) is 3.13. The number of nitrogens with zero attached hydrogens (tertiary/aromatic N) is 1. The van der Waals surface area contributed by atoms with Crippen molar-refractivity contribution in [2.75, 3.05) is 18.8 Å². The lowest BCUT2D eigenvalue weighted by Gasteiger charge is -2.56. The first kappa shape index (κ1) is 9.22. The minimum Gasteiger partial charge on any atom is -0.399 e. The number of fused-ring (bicyclic) bond motifs is 1. The fraction of sp³-hybridized carbons (Fsp3) is 0.538. The summed E-state index contributed by atoms with van der Waals surface area (Å²) >= 11 is 0. The van der Waals surface area contributed by atoms with Crippen LogP contribution in [0.15, 0.2) is 24.3 Å². The van der Waals surface area contributed by atoms with Gasteiger partial charge in [0.05, 0.1) is 0 Å². The fourth-order valence-electron chi connectivity index (χ4n) is 3.13. The normalized spacial score (nSPS) is 30.7. The second-order valence-electron chi connectivity index (χ2n) is 4.85. The monoisotopic (exact) mass is 202 g/mol. The van der Waals surface area contributed by atoms with Crippen LogP contribution in [-0.4, -0.2) is 18.0 Å². The summed E-state index contributed by atoms with van der Waals surface area (Å²) in [6, 6.07) is 8.50. The molecule has 2 nitrogen and oxygen atoms in total. The number of anilines is 1. The van der Waals surface area contributed by atoms with Crippen molar-refractivity contribution in [3.63, 3.8) is 0 Å². The van der Waals surface area contributed by atoms with Crippen molar-refractivity contribution in [3.8, 4) is 0 Å². The third kappa shape index (κ3) is 1.28. The Bertz CT molecular complexity index is 357. The highest BCUT2D eigenvalue weighted by Gasteiger charge is 2.46. The molecule has 1 unspecified atom stereocenters. The van der Waals surface area contributed by atoms with E-state index in [0.29, 0.717) is 5.54 Å². The predicted molar refractivity (Wildman–Crippen MR) is 62.6 cm³/mol. The van der Waals surface area contributed by atoms with Crippen LogP contribution in [0.2, 0.25) is 0 Å². The van der Waals surface area contributed by atoms with Crippen LogP contribution in [0.25, 0.3) is 0 Å². The van der Waals surface area contributed by atoms with Gasteiger partial charge >= 0.3 is 0 Å². The number of hydrogen-bond acceptors (Lipinski definition) is 2. The van der Waals surface area contributed by atoms with E-state index in [1.54, 1.807) is 0 Å². The molecular formula is C13H18N2. The Morgan fingerprint density at radius 2 is 1.80 bits per heavy atom. The number of nitrogens with two attached hydrogens (primary N) is 1. The van der Waals surface area contributed by atoms with Gasteiger partial charge in [-0.2, -0.15) is 0 Å². The maximum atomic E-state index is 5.74. The molecule has 1 aromatic rings. The lowest BCUT2D eigenvalue weighted by Crippen LogP contribution is -2.59. The summed E-state index contributed by atoms with van der Waals surface area (Å²) in [5.41, 5.74) is 8.47. The van der Waals surface area contributed by atoms with E-state index in [1.165, 1.54) is 44.3 Å². The van der Waals surface area contributed by atoms with Crippen molar-refractivity contribution in [1.82, 2.24) is 4.90 Å². The second-order valence-corrected chi connectivity index (χ2v) is 4.85. The summed E-state index contributed by atoms with van der Waals surface area (Å²) in [6.45, 7) is 2.56. The van der Waals surface area contributed by atoms with Gasteiger partial charge in [0.1, 0.15) is 0 Å². The zero-order chi connectivity index (χ0) is 10.3. The Labute approximate surface area is 91.1 Å². The molecule has 2 aliphatic rings. The molecule has 0 aromatic heterocycles. The first-order valence-corrected chi connectivity index (χ1v) is 5.92. The number of rotatable bonds is 1. The van der Waals surface area contributed by atoms with Crippen LogP contribution < -0.4 is 5.73 Å². The van der Waals surface area contributed by atoms with Crippen LogP contribution in [0.3, 0.4) is 0 Å². The first-order valence-electron chi connectivity index (χ1n) is 5.92. The van der Waals surface area contributed by atoms with Crippen LogP contribution in [0.1, 0.15) is 31.2 Å². The SMILES string of the molecule is Nc1ccc(C23CCCCN2CC3)cc1. The van der Waals surface area contributed by atoms with E-state index < -0.39 is 0 Å². The smallest absolute Gasteiger partial charge is 0.0472 e. The van der Waals surface area contributed by atoms with E-state index in [0.717, 1.165) is 5.69 Å². The number of nitrogen functional groups attached to an aromatic ring is 1. The standard InChI is InChI=1S/C13H18N2/c14-12-5-3-11(4-6-12)13-7-1-2-9-15(13)10-8-13/h3-6H,1-2,7-10,14H2. The van der Waals surface area contributed by atoms with Gasteiger partial charge in [0, 0.05) is 17.8 Å². The average molecular weight is 202 g/mol. The molecule has 2 aliphatic heterocycles. The van der Waals surface area contributed by atoms with Gasteiger partial charge in [-0.25, -0.2) is 0 Å². The van der Waals surface area contributed by atoms with Gasteiger partial charge < -0.3 is 5.73 Å². The minimum absolute atomic E-state index is 0.381. The molecule has 15 heavy (non-hydrogen) atoms. The maximum absolute atomic E-state index is 5.74. The molecule has 0 amide bonds. The minimum atomic E-state index is 0.381. The molecule has 0 radical (unpaired) electrons. The van der Waals surface area contributed by atoms with Crippen molar-refractivity contribution in [2.45, 2.75) is 31.2 Å². The van der Waals surface area contributed by atoms with Gasteiger partial charge in [0.2, 0.25) is 0 Å². The largest absolute Gasteiger partial charge is 0.399 e. The molecule has 0 saturated carbocycles.